The molecule has 1 unspecified atom stereocenters. The molecule has 3 rings (SSSR count). The highest BCUT2D eigenvalue weighted by atomic mass is 16.2. The van der Waals surface area contributed by atoms with Crippen molar-refractivity contribution >= 4 is 17.7 Å². The molecule has 1 fully saturated rings. The molecule has 0 saturated carbocycles. The van der Waals surface area contributed by atoms with Gasteiger partial charge in [-0.25, -0.2) is 0 Å². The maximum Gasteiger partial charge on any atom is 0.255 e. The summed E-state index contributed by atoms with van der Waals surface area (Å²) in [6.07, 6.45) is 0.647. The summed E-state index contributed by atoms with van der Waals surface area (Å²) in [5.74, 6) is -0.417. The average molecular weight is 344 g/mol. The average Bonchev–Trinajstić information content (AvgIpc) is 2.92. The Labute approximate surface area is 146 Å². The highest BCUT2D eigenvalue weighted by Gasteiger charge is 2.39. The number of piperidine rings is 1. The van der Waals surface area contributed by atoms with Crippen LogP contribution in [0.15, 0.2) is 18.2 Å². The van der Waals surface area contributed by atoms with Crippen LogP contribution in [0.1, 0.15) is 41.3 Å². The van der Waals surface area contributed by atoms with Gasteiger partial charge >= 0.3 is 0 Å². The summed E-state index contributed by atoms with van der Waals surface area (Å²) >= 11 is 0. The molecular weight excluding hydrogens is 320 g/mol. The predicted octanol–water partition coefficient (Wildman–Crippen LogP) is 0.132. The Balaban J connectivity index is 1.74. The van der Waals surface area contributed by atoms with Crippen molar-refractivity contribution in [1.82, 2.24) is 15.5 Å². The maximum absolute atomic E-state index is 12.9. The van der Waals surface area contributed by atoms with Gasteiger partial charge in [-0.15, -0.1) is 0 Å². The number of hydrogen-bond acceptors (Lipinski definition) is 5. The second-order valence-corrected chi connectivity index (χ2v) is 6.82. The lowest BCUT2D eigenvalue weighted by Crippen LogP contribution is -2.52. The van der Waals surface area contributed by atoms with Crippen molar-refractivity contribution in [2.24, 2.45) is 11.7 Å². The molecule has 2 aliphatic rings. The lowest BCUT2D eigenvalue weighted by atomic mass is 10.0. The van der Waals surface area contributed by atoms with E-state index in [0.29, 0.717) is 37.5 Å². The Bertz CT molecular complexity index is 704. The summed E-state index contributed by atoms with van der Waals surface area (Å²) in [7, 11) is 0. The predicted molar refractivity (Wildman–Crippen MR) is 92.4 cm³/mol. The third-order valence-corrected chi connectivity index (χ3v) is 4.85. The molecule has 0 radical (unpaired) electrons. The van der Waals surface area contributed by atoms with E-state index >= 15 is 0 Å². The first kappa shape index (κ1) is 17.6. The smallest absolute Gasteiger partial charge is 0.255 e. The van der Waals surface area contributed by atoms with Gasteiger partial charge in [-0.2, -0.15) is 0 Å². The van der Waals surface area contributed by atoms with E-state index in [4.69, 9.17) is 5.73 Å². The first-order chi connectivity index (χ1) is 12.0. The summed E-state index contributed by atoms with van der Waals surface area (Å²) in [5.41, 5.74) is 8.17. The number of benzene rings is 1. The van der Waals surface area contributed by atoms with Crippen LogP contribution >= 0.6 is 0 Å². The summed E-state index contributed by atoms with van der Waals surface area (Å²) in [6.45, 7) is 4.46. The van der Waals surface area contributed by atoms with Crippen LogP contribution in [0.4, 0.5) is 0 Å². The zero-order valence-corrected chi connectivity index (χ0v) is 14.4. The van der Waals surface area contributed by atoms with E-state index in [9.17, 15) is 14.4 Å². The Morgan fingerprint density at radius 3 is 2.88 bits per heavy atom. The van der Waals surface area contributed by atoms with Crippen LogP contribution in [-0.4, -0.2) is 41.8 Å². The van der Waals surface area contributed by atoms with Crippen molar-refractivity contribution in [3.8, 4) is 0 Å². The molecule has 134 valence electrons. The van der Waals surface area contributed by atoms with Gasteiger partial charge in [0.05, 0.1) is 0 Å². The number of rotatable bonds is 6. The first-order valence-corrected chi connectivity index (χ1v) is 8.67. The number of carbonyl (C=O) groups excluding carboxylic acids is 3. The van der Waals surface area contributed by atoms with Crippen LogP contribution < -0.4 is 16.4 Å². The van der Waals surface area contributed by atoms with E-state index in [-0.39, 0.29) is 24.1 Å². The summed E-state index contributed by atoms with van der Waals surface area (Å²) in [6, 6.07) is 5.22. The molecule has 4 N–H and O–H groups in total. The highest BCUT2D eigenvalue weighted by molar-refractivity contribution is 6.05. The van der Waals surface area contributed by atoms with Crippen LogP contribution in [0.2, 0.25) is 0 Å². The van der Waals surface area contributed by atoms with Crippen molar-refractivity contribution in [2.45, 2.75) is 38.9 Å². The number of carbonyl (C=O) groups is 3. The standard InChI is InChI=1S/C18H24N4O3/c1-11(7-19)8-20-9-12-3-2-4-13-10-22(18(25)16(12)13)14-5-6-15(23)21-17(14)24/h2-4,11,14,20H,5-10,19H2,1H3,(H,21,23,24)/t11-,14?/m1/s1. The fourth-order valence-corrected chi connectivity index (χ4v) is 3.37. The van der Waals surface area contributed by atoms with Crippen LogP contribution in [-0.2, 0) is 22.7 Å². The van der Waals surface area contributed by atoms with Gasteiger partial charge in [0, 0.05) is 25.1 Å². The molecule has 2 heterocycles. The molecular formula is C18H24N4O3. The minimum Gasteiger partial charge on any atom is -0.330 e. The molecule has 7 nitrogen and oxygen atoms in total. The second kappa shape index (κ2) is 7.33. The van der Waals surface area contributed by atoms with Crippen molar-refractivity contribution in [3.05, 3.63) is 34.9 Å². The van der Waals surface area contributed by atoms with Gasteiger partial charge in [0.1, 0.15) is 6.04 Å². The SMILES string of the molecule is C[C@H](CN)CNCc1cccc2c1C(=O)N(C1CCC(=O)NC1=O)C2. The molecule has 7 heteroatoms. The number of nitrogens with two attached hydrogens (primary N) is 1. The summed E-state index contributed by atoms with van der Waals surface area (Å²) in [4.78, 5) is 37.9. The number of hydrogen-bond donors (Lipinski definition) is 3. The fourth-order valence-electron chi connectivity index (χ4n) is 3.37. The molecule has 25 heavy (non-hydrogen) atoms. The van der Waals surface area contributed by atoms with Gasteiger partial charge in [-0.1, -0.05) is 25.1 Å². The largest absolute Gasteiger partial charge is 0.330 e. The van der Waals surface area contributed by atoms with Gasteiger partial charge < -0.3 is 16.0 Å². The highest BCUT2D eigenvalue weighted by Crippen LogP contribution is 2.29. The Hall–Kier alpha value is -2.25. The minimum absolute atomic E-state index is 0.131. The molecule has 0 spiro atoms. The normalized spacial score (nSPS) is 21.3. The molecule has 3 amide bonds. The molecule has 2 aliphatic heterocycles. The van der Waals surface area contributed by atoms with E-state index in [1.165, 1.54) is 0 Å². The number of amides is 3. The second-order valence-electron chi connectivity index (χ2n) is 6.82. The van der Waals surface area contributed by atoms with Crippen LogP contribution in [0.5, 0.6) is 0 Å². The van der Waals surface area contributed by atoms with Gasteiger partial charge in [0.25, 0.3) is 5.91 Å². The third-order valence-electron chi connectivity index (χ3n) is 4.85. The van der Waals surface area contributed by atoms with E-state index in [0.717, 1.165) is 17.7 Å². The molecule has 0 aromatic heterocycles. The monoisotopic (exact) mass is 344 g/mol. The van der Waals surface area contributed by atoms with Crippen molar-refractivity contribution < 1.29 is 14.4 Å². The number of nitrogens with one attached hydrogen (secondary N) is 2. The van der Waals surface area contributed by atoms with Gasteiger partial charge in [0.15, 0.2) is 0 Å². The molecule has 1 saturated heterocycles. The van der Waals surface area contributed by atoms with Gasteiger partial charge in [0.2, 0.25) is 11.8 Å². The number of nitrogens with zero attached hydrogens (tertiary/aromatic N) is 1. The first-order valence-electron chi connectivity index (χ1n) is 8.67. The Kier molecular flexibility index (Phi) is 5.15. The fraction of sp³-hybridized carbons (Fsp3) is 0.500. The number of imide groups is 1. The van der Waals surface area contributed by atoms with Crippen molar-refractivity contribution in [2.75, 3.05) is 13.1 Å². The van der Waals surface area contributed by atoms with Crippen molar-refractivity contribution in [1.29, 1.82) is 0 Å². The van der Waals surface area contributed by atoms with Crippen molar-refractivity contribution in [3.63, 3.8) is 0 Å². The number of fused-ring (bicyclic) bond motifs is 1. The lowest BCUT2D eigenvalue weighted by Gasteiger charge is -2.29. The summed E-state index contributed by atoms with van der Waals surface area (Å²) in [5, 5.41) is 5.66. The zero-order valence-electron chi connectivity index (χ0n) is 14.4. The third kappa shape index (κ3) is 3.57. The van der Waals surface area contributed by atoms with Crippen LogP contribution in [0.3, 0.4) is 0 Å². The lowest BCUT2D eigenvalue weighted by molar-refractivity contribution is -0.136. The minimum atomic E-state index is -0.573. The van der Waals surface area contributed by atoms with Crippen LogP contribution in [0, 0.1) is 5.92 Å². The quantitative estimate of drug-likeness (QED) is 0.637. The molecule has 0 bridgehead atoms. The molecule has 1 aromatic carbocycles. The Morgan fingerprint density at radius 2 is 2.16 bits per heavy atom. The van der Waals surface area contributed by atoms with E-state index in [1.54, 1.807) is 4.90 Å². The van der Waals surface area contributed by atoms with Gasteiger partial charge in [-0.3, -0.25) is 19.7 Å². The topological polar surface area (TPSA) is 105 Å². The zero-order chi connectivity index (χ0) is 18.0. The molecule has 1 aromatic rings. The maximum atomic E-state index is 12.9. The van der Waals surface area contributed by atoms with E-state index in [2.05, 4.69) is 17.6 Å². The molecule has 0 aliphatic carbocycles. The Morgan fingerprint density at radius 1 is 1.36 bits per heavy atom. The summed E-state index contributed by atoms with van der Waals surface area (Å²) < 4.78 is 0. The van der Waals surface area contributed by atoms with Gasteiger partial charge in [-0.05, 0) is 36.6 Å². The molecule has 2 atom stereocenters. The van der Waals surface area contributed by atoms with E-state index in [1.807, 2.05) is 18.2 Å². The van der Waals surface area contributed by atoms with E-state index < -0.39 is 6.04 Å². The van der Waals surface area contributed by atoms with Crippen LogP contribution in [0.25, 0.3) is 0 Å².